The molecule has 0 N–H and O–H groups in total. The standard InChI is InChI=1S/C23H21Cl2NO6/c1-4-32-23(29)20(28)10-19(27)16-12-26(11-13-5-6-14(24)7-17(13)25)18-8-15(30-2)9-21(31-3)22(16)18/h5-9,12H,4,10-11H2,1-3H3. The van der Waals surface area contributed by atoms with Gasteiger partial charge in [-0.1, -0.05) is 29.3 Å². The van der Waals surface area contributed by atoms with Crippen LogP contribution < -0.4 is 9.47 Å². The molecule has 0 saturated carbocycles. The Bertz CT molecular complexity index is 1200. The van der Waals surface area contributed by atoms with Crippen molar-refractivity contribution in [1.82, 2.24) is 4.57 Å². The fraction of sp³-hybridized carbons (Fsp3) is 0.261. The van der Waals surface area contributed by atoms with Crippen LogP contribution in [0, 0.1) is 0 Å². The summed E-state index contributed by atoms with van der Waals surface area (Å²) < 4.78 is 17.4. The molecule has 0 radical (unpaired) electrons. The van der Waals surface area contributed by atoms with Crippen molar-refractivity contribution < 1.29 is 28.6 Å². The summed E-state index contributed by atoms with van der Waals surface area (Å²) in [6.45, 7) is 1.95. The molecule has 0 saturated heterocycles. The molecule has 3 rings (SSSR count). The van der Waals surface area contributed by atoms with Gasteiger partial charge in [-0.3, -0.25) is 9.59 Å². The molecule has 9 heteroatoms. The number of esters is 1. The lowest BCUT2D eigenvalue weighted by Crippen LogP contribution is -2.20. The number of rotatable bonds is 9. The molecule has 7 nitrogen and oxygen atoms in total. The highest BCUT2D eigenvalue weighted by Crippen LogP contribution is 2.36. The monoisotopic (exact) mass is 477 g/mol. The number of methoxy groups -OCH3 is 2. The lowest BCUT2D eigenvalue weighted by Gasteiger charge is -2.11. The average molecular weight is 478 g/mol. The maximum atomic E-state index is 13.0. The maximum absolute atomic E-state index is 13.0. The van der Waals surface area contributed by atoms with Gasteiger partial charge in [0.05, 0.1) is 38.2 Å². The second-order valence-electron chi connectivity index (χ2n) is 6.87. The van der Waals surface area contributed by atoms with Gasteiger partial charge >= 0.3 is 5.97 Å². The molecular formula is C23H21Cl2NO6. The van der Waals surface area contributed by atoms with Gasteiger partial charge in [0.1, 0.15) is 11.5 Å². The average Bonchev–Trinajstić information content (AvgIpc) is 3.13. The van der Waals surface area contributed by atoms with Crippen molar-refractivity contribution in [2.45, 2.75) is 19.9 Å². The molecule has 168 valence electrons. The molecule has 0 amide bonds. The van der Waals surface area contributed by atoms with Crippen molar-refractivity contribution in [3.05, 3.63) is 57.7 Å². The van der Waals surface area contributed by atoms with Crippen molar-refractivity contribution in [1.29, 1.82) is 0 Å². The Labute approximate surface area is 194 Å². The number of aromatic nitrogens is 1. The predicted molar refractivity (Wildman–Crippen MR) is 121 cm³/mol. The van der Waals surface area contributed by atoms with Crippen LogP contribution in [0.2, 0.25) is 10.0 Å². The van der Waals surface area contributed by atoms with Crippen LogP contribution in [-0.4, -0.2) is 42.9 Å². The number of halogens is 2. The number of fused-ring (bicyclic) bond motifs is 1. The SMILES string of the molecule is CCOC(=O)C(=O)CC(=O)c1cn(Cc2ccc(Cl)cc2Cl)c2cc(OC)cc(OC)c12. The van der Waals surface area contributed by atoms with Gasteiger partial charge < -0.3 is 18.8 Å². The number of ketones is 2. The minimum atomic E-state index is -1.04. The first kappa shape index (κ1) is 23.6. The van der Waals surface area contributed by atoms with Crippen LogP contribution in [0.4, 0.5) is 0 Å². The number of ether oxygens (including phenoxy) is 3. The summed E-state index contributed by atoms with van der Waals surface area (Å²) in [5.41, 5.74) is 1.65. The quantitative estimate of drug-likeness (QED) is 0.192. The van der Waals surface area contributed by atoms with Crippen molar-refractivity contribution in [2.75, 3.05) is 20.8 Å². The van der Waals surface area contributed by atoms with Crippen LogP contribution in [0.25, 0.3) is 10.9 Å². The Morgan fingerprint density at radius 1 is 1.03 bits per heavy atom. The van der Waals surface area contributed by atoms with Gasteiger partial charge in [-0.05, 0) is 24.6 Å². The number of hydrogen-bond acceptors (Lipinski definition) is 6. The van der Waals surface area contributed by atoms with Gasteiger partial charge in [-0.15, -0.1) is 0 Å². The van der Waals surface area contributed by atoms with E-state index >= 15 is 0 Å². The zero-order valence-corrected chi connectivity index (χ0v) is 19.2. The number of carbonyl (C=O) groups is 3. The molecule has 1 aromatic heterocycles. The van der Waals surface area contributed by atoms with Gasteiger partial charge in [0.2, 0.25) is 5.78 Å². The predicted octanol–water partition coefficient (Wildman–Crippen LogP) is 4.72. The van der Waals surface area contributed by atoms with E-state index < -0.39 is 24.0 Å². The highest BCUT2D eigenvalue weighted by atomic mass is 35.5. The zero-order chi connectivity index (χ0) is 23.4. The summed E-state index contributed by atoms with van der Waals surface area (Å²) in [5.74, 6) is -1.56. The third-order valence-corrected chi connectivity index (χ3v) is 5.44. The van der Waals surface area contributed by atoms with Crippen LogP contribution in [-0.2, 0) is 20.9 Å². The summed E-state index contributed by atoms with van der Waals surface area (Å²) in [6.07, 6.45) is 0.993. The van der Waals surface area contributed by atoms with Crippen molar-refractivity contribution in [3.8, 4) is 11.5 Å². The van der Waals surface area contributed by atoms with E-state index in [1.807, 2.05) is 0 Å². The van der Waals surface area contributed by atoms with Crippen LogP contribution in [0.3, 0.4) is 0 Å². The Balaban J connectivity index is 2.11. The molecule has 0 aliphatic rings. The molecule has 2 aromatic carbocycles. The molecule has 3 aromatic rings. The lowest BCUT2D eigenvalue weighted by atomic mass is 10.0. The first-order valence-corrected chi connectivity index (χ1v) is 10.5. The van der Waals surface area contributed by atoms with Crippen LogP contribution >= 0.6 is 23.2 Å². The Hall–Kier alpha value is -3.03. The van der Waals surface area contributed by atoms with Crippen LogP contribution in [0.15, 0.2) is 36.5 Å². The highest BCUT2D eigenvalue weighted by Gasteiger charge is 2.25. The summed E-state index contributed by atoms with van der Waals surface area (Å²) in [4.78, 5) is 36.8. The minimum Gasteiger partial charge on any atom is -0.497 e. The smallest absolute Gasteiger partial charge is 0.375 e. The molecule has 0 spiro atoms. The number of nitrogens with zero attached hydrogens (tertiary/aromatic N) is 1. The Kier molecular flexibility index (Phi) is 7.43. The van der Waals surface area contributed by atoms with E-state index in [1.165, 1.54) is 14.2 Å². The van der Waals surface area contributed by atoms with Gasteiger partial charge in [-0.25, -0.2) is 4.79 Å². The molecule has 0 fully saturated rings. The lowest BCUT2D eigenvalue weighted by molar-refractivity contribution is -0.153. The molecule has 0 aliphatic heterocycles. The van der Waals surface area contributed by atoms with Gasteiger partial charge in [-0.2, -0.15) is 0 Å². The first-order chi connectivity index (χ1) is 15.3. The molecule has 0 bridgehead atoms. The van der Waals surface area contributed by atoms with E-state index in [4.69, 9.17) is 37.4 Å². The molecule has 0 atom stereocenters. The second kappa shape index (κ2) is 10.1. The second-order valence-corrected chi connectivity index (χ2v) is 7.72. The topological polar surface area (TPSA) is 83.8 Å². The minimum absolute atomic E-state index is 0.0491. The van der Waals surface area contributed by atoms with Crippen molar-refractivity contribution >= 4 is 51.6 Å². The van der Waals surface area contributed by atoms with Gasteiger partial charge in [0.15, 0.2) is 5.78 Å². The number of benzene rings is 2. The summed E-state index contributed by atoms with van der Waals surface area (Å²) in [7, 11) is 2.99. The number of hydrogen-bond donors (Lipinski definition) is 0. The maximum Gasteiger partial charge on any atom is 0.375 e. The summed E-state index contributed by atoms with van der Waals surface area (Å²) in [6, 6.07) is 8.55. The molecule has 0 aliphatic carbocycles. The zero-order valence-electron chi connectivity index (χ0n) is 17.7. The van der Waals surface area contributed by atoms with Crippen molar-refractivity contribution in [3.63, 3.8) is 0 Å². The fourth-order valence-corrected chi connectivity index (χ4v) is 3.81. The fourth-order valence-electron chi connectivity index (χ4n) is 3.34. The highest BCUT2D eigenvalue weighted by molar-refractivity contribution is 6.38. The molecule has 1 heterocycles. The molecule has 0 unspecified atom stereocenters. The summed E-state index contributed by atoms with van der Waals surface area (Å²) in [5, 5.41) is 1.48. The number of Topliss-reactive ketones (excluding diaryl/α,β-unsaturated/α-hetero) is 2. The normalized spacial score (nSPS) is 10.8. The van der Waals surface area contributed by atoms with Crippen molar-refractivity contribution in [2.24, 2.45) is 0 Å². The van der Waals surface area contributed by atoms with E-state index in [9.17, 15) is 14.4 Å². The number of carbonyl (C=O) groups excluding carboxylic acids is 3. The van der Waals surface area contributed by atoms with Crippen LogP contribution in [0.1, 0.15) is 29.3 Å². The van der Waals surface area contributed by atoms with E-state index in [2.05, 4.69) is 0 Å². The van der Waals surface area contributed by atoms with E-state index in [0.717, 1.165) is 5.56 Å². The third kappa shape index (κ3) is 4.89. The van der Waals surface area contributed by atoms with Gasteiger partial charge in [0, 0.05) is 40.5 Å². The molecule has 32 heavy (non-hydrogen) atoms. The Morgan fingerprint density at radius 2 is 1.78 bits per heavy atom. The Morgan fingerprint density at radius 3 is 2.41 bits per heavy atom. The van der Waals surface area contributed by atoms with Gasteiger partial charge in [0.25, 0.3) is 0 Å². The van der Waals surface area contributed by atoms with E-state index in [-0.39, 0.29) is 12.2 Å². The third-order valence-electron chi connectivity index (χ3n) is 4.85. The van der Waals surface area contributed by atoms with E-state index in [1.54, 1.807) is 48.0 Å². The molecular weight excluding hydrogens is 457 g/mol. The first-order valence-electron chi connectivity index (χ1n) is 9.71. The summed E-state index contributed by atoms with van der Waals surface area (Å²) >= 11 is 12.3. The van der Waals surface area contributed by atoms with Crippen LogP contribution in [0.5, 0.6) is 11.5 Å². The van der Waals surface area contributed by atoms with E-state index in [0.29, 0.717) is 39.0 Å². The largest absolute Gasteiger partial charge is 0.497 e.